The zero-order valence-corrected chi connectivity index (χ0v) is 9.64. The Bertz CT molecular complexity index is 552. The van der Waals surface area contributed by atoms with Gasteiger partial charge in [0.2, 0.25) is 0 Å². The summed E-state index contributed by atoms with van der Waals surface area (Å²) in [5.74, 6) is 1.65. The molecule has 0 atom stereocenters. The van der Waals surface area contributed by atoms with Crippen molar-refractivity contribution in [3.63, 3.8) is 0 Å². The van der Waals surface area contributed by atoms with Crippen LogP contribution in [0.4, 0.5) is 0 Å². The maximum absolute atomic E-state index is 5.58. The molecule has 0 bridgehead atoms. The van der Waals surface area contributed by atoms with E-state index in [0.29, 0.717) is 13.2 Å². The standard InChI is InChI=1S/C14H13NO2/c1-10-8-12(4-5-15-10)11-2-3-13-14(9-11)17-7-6-16-13/h2-5,8-9H,6-7H2,1H3. The predicted molar refractivity (Wildman–Crippen MR) is 65.4 cm³/mol. The molecule has 1 aliphatic rings. The Morgan fingerprint density at radius 3 is 2.53 bits per heavy atom. The molecule has 3 rings (SSSR count). The second-order valence-electron chi connectivity index (χ2n) is 4.04. The second-order valence-corrected chi connectivity index (χ2v) is 4.04. The van der Waals surface area contributed by atoms with E-state index in [1.54, 1.807) is 0 Å². The maximum Gasteiger partial charge on any atom is 0.161 e. The van der Waals surface area contributed by atoms with Gasteiger partial charge in [0.15, 0.2) is 11.5 Å². The monoisotopic (exact) mass is 227 g/mol. The van der Waals surface area contributed by atoms with Gasteiger partial charge in [0.05, 0.1) is 0 Å². The van der Waals surface area contributed by atoms with Gasteiger partial charge >= 0.3 is 0 Å². The summed E-state index contributed by atoms with van der Waals surface area (Å²) >= 11 is 0. The molecule has 17 heavy (non-hydrogen) atoms. The van der Waals surface area contributed by atoms with Crippen LogP contribution in [-0.2, 0) is 0 Å². The number of rotatable bonds is 1. The van der Waals surface area contributed by atoms with E-state index in [1.807, 2.05) is 37.4 Å². The summed E-state index contributed by atoms with van der Waals surface area (Å²) in [6.45, 7) is 3.23. The third-order valence-electron chi connectivity index (χ3n) is 2.77. The average Bonchev–Trinajstić information content (AvgIpc) is 2.38. The summed E-state index contributed by atoms with van der Waals surface area (Å²) in [6, 6.07) is 10.1. The van der Waals surface area contributed by atoms with E-state index in [0.717, 1.165) is 28.3 Å². The van der Waals surface area contributed by atoms with Gasteiger partial charge in [-0.3, -0.25) is 4.98 Å². The Hall–Kier alpha value is -2.03. The zero-order valence-electron chi connectivity index (χ0n) is 9.64. The molecule has 0 amide bonds. The van der Waals surface area contributed by atoms with E-state index in [-0.39, 0.29) is 0 Å². The number of aryl methyl sites for hydroxylation is 1. The largest absolute Gasteiger partial charge is 0.486 e. The van der Waals surface area contributed by atoms with Crippen LogP contribution < -0.4 is 9.47 Å². The minimum atomic E-state index is 0.617. The van der Waals surface area contributed by atoms with Crippen molar-refractivity contribution in [2.45, 2.75) is 6.92 Å². The highest BCUT2D eigenvalue weighted by Crippen LogP contribution is 2.34. The van der Waals surface area contributed by atoms with Gasteiger partial charge in [0.1, 0.15) is 13.2 Å². The van der Waals surface area contributed by atoms with Gasteiger partial charge in [-0.15, -0.1) is 0 Å². The minimum absolute atomic E-state index is 0.617. The number of benzene rings is 1. The van der Waals surface area contributed by atoms with Gasteiger partial charge in [0, 0.05) is 11.9 Å². The summed E-state index contributed by atoms with van der Waals surface area (Å²) in [5.41, 5.74) is 3.28. The van der Waals surface area contributed by atoms with Crippen LogP contribution in [0.25, 0.3) is 11.1 Å². The number of pyridine rings is 1. The van der Waals surface area contributed by atoms with Crippen molar-refractivity contribution in [3.8, 4) is 22.6 Å². The van der Waals surface area contributed by atoms with Crippen LogP contribution in [-0.4, -0.2) is 18.2 Å². The van der Waals surface area contributed by atoms with Crippen molar-refractivity contribution in [2.75, 3.05) is 13.2 Å². The van der Waals surface area contributed by atoms with Crippen molar-refractivity contribution in [3.05, 3.63) is 42.2 Å². The Morgan fingerprint density at radius 1 is 0.941 bits per heavy atom. The third kappa shape index (κ3) is 1.96. The van der Waals surface area contributed by atoms with E-state index in [1.165, 1.54) is 0 Å². The number of aromatic nitrogens is 1. The summed E-state index contributed by atoms with van der Waals surface area (Å²) in [7, 11) is 0. The van der Waals surface area contributed by atoms with E-state index < -0.39 is 0 Å². The van der Waals surface area contributed by atoms with Crippen LogP contribution in [0.3, 0.4) is 0 Å². The zero-order chi connectivity index (χ0) is 11.7. The molecule has 0 spiro atoms. The number of nitrogens with zero attached hydrogens (tertiary/aromatic N) is 1. The predicted octanol–water partition coefficient (Wildman–Crippen LogP) is 2.83. The molecule has 2 heterocycles. The number of ether oxygens (including phenoxy) is 2. The van der Waals surface area contributed by atoms with Gasteiger partial charge < -0.3 is 9.47 Å². The molecular weight excluding hydrogens is 214 g/mol. The van der Waals surface area contributed by atoms with Gasteiger partial charge in [0.25, 0.3) is 0 Å². The SMILES string of the molecule is Cc1cc(-c2ccc3c(c2)OCCO3)ccn1. The lowest BCUT2D eigenvalue weighted by atomic mass is 10.1. The molecular formula is C14H13NO2. The Labute approximate surface area is 100 Å². The van der Waals surface area contributed by atoms with E-state index in [9.17, 15) is 0 Å². The first-order chi connectivity index (χ1) is 8.33. The molecule has 3 heteroatoms. The molecule has 1 aromatic carbocycles. The first-order valence-electron chi connectivity index (χ1n) is 5.65. The summed E-state index contributed by atoms with van der Waals surface area (Å²) in [6.07, 6.45) is 1.82. The molecule has 1 aliphatic heterocycles. The fourth-order valence-corrected chi connectivity index (χ4v) is 1.95. The van der Waals surface area contributed by atoms with Gasteiger partial charge in [-0.25, -0.2) is 0 Å². The van der Waals surface area contributed by atoms with Crippen molar-refractivity contribution >= 4 is 0 Å². The second kappa shape index (κ2) is 4.09. The highest BCUT2D eigenvalue weighted by Gasteiger charge is 2.12. The Kier molecular flexibility index (Phi) is 2.44. The number of hydrogen-bond donors (Lipinski definition) is 0. The van der Waals surface area contributed by atoms with Crippen LogP contribution in [0.15, 0.2) is 36.5 Å². The molecule has 0 fully saturated rings. The molecule has 0 saturated heterocycles. The lowest BCUT2D eigenvalue weighted by molar-refractivity contribution is 0.171. The highest BCUT2D eigenvalue weighted by atomic mass is 16.6. The lowest BCUT2D eigenvalue weighted by Crippen LogP contribution is -2.15. The van der Waals surface area contributed by atoms with Crippen molar-refractivity contribution in [1.29, 1.82) is 0 Å². The fraction of sp³-hybridized carbons (Fsp3) is 0.214. The average molecular weight is 227 g/mol. The maximum atomic E-state index is 5.58. The van der Waals surface area contributed by atoms with Crippen LogP contribution in [0, 0.1) is 6.92 Å². The highest BCUT2D eigenvalue weighted by molar-refractivity contribution is 5.67. The van der Waals surface area contributed by atoms with Crippen LogP contribution in [0.5, 0.6) is 11.5 Å². The van der Waals surface area contributed by atoms with Gasteiger partial charge in [-0.05, 0) is 42.3 Å². The first kappa shape index (κ1) is 10.1. The summed E-state index contributed by atoms with van der Waals surface area (Å²) in [5, 5.41) is 0. The number of fused-ring (bicyclic) bond motifs is 1. The molecule has 0 saturated carbocycles. The lowest BCUT2D eigenvalue weighted by Gasteiger charge is -2.18. The van der Waals surface area contributed by atoms with Gasteiger partial charge in [-0.2, -0.15) is 0 Å². The molecule has 86 valence electrons. The molecule has 2 aromatic rings. The summed E-state index contributed by atoms with van der Waals surface area (Å²) < 4.78 is 11.1. The third-order valence-corrected chi connectivity index (χ3v) is 2.77. The quantitative estimate of drug-likeness (QED) is 0.750. The number of hydrogen-bond acceptors (Lipinski definition) is 3. The molecule has 3 nitrogen and oxygen atoms in total. The molecule has 0 N–H and O–H groups in total. The van der Waals surface area contributed by atoms with E-state index in [4.69, 9.17) is 9.47 Å². The summed E-state index contributed by atoms with van der Waals surface area (Å²) in [4.78, 5) is 4.20. The molecule has 1 aromatic heterocycles. The molecule has 0 radical (unpaired) electrons. The molecule has 0 unspecified atom stereocenters. The van der Waals surface area contributed by atoms with E-state index >= 15 is 0 Å². The molecule has 0 aliphatic carbocycles. The van der Waals surface area contributed by atoms with Crippen molar-refractivity contribution in [2.24, 2.45) is 0 Å². The topological polar surface area (TPSA) is 31.4 Å². The Morgan fingerprint density at radius 2 is 1.71 bits per heavy atom. The first-order valence-corrected chi connectivity index (χ1v) is 5.65. The van der Waals surface area contributed by atoms with Crippen LogP contribution >= 0.6 is 0 Å². The van der Waals surface area contributed by atoms with Crippen molar-refractivity contribution in [1.82, 2.24) is 4.98 Å². The van der Waals surface area contributed by atoms with E-state index in [2.05, 4.69) is 11.1 Å². The Balaban J connectivity index is 2.04. The van der Waals surface area contributed by atoms with Crippen molar-refractivity contribution < 1.29 is 9.47 Å². The fourth-order valence-electron chi connectivity index (χ4n) is 1.95. The van der Waals surface area contributed by atoms with Crippen LogP contribution in [0.1, 0.15) is 5.69 Å². The van der Waals surface area contributed by atoms with Gasteiger partial charge in [-0.1, -0.05) is 6.07 Å². The van der Waals surface area contributed by atoms with Crippen LogP contribution in [0.2, 0.25) is 0 Å². The normalized spacial score (nSPS) is 13.5. The minimum Gasteiger partial charge on any atom is -0.486 e. The smallest absolute Gasteiger partial charge is 0.161 e.